The number of methoxy groups -OCH3 is 2. The number of para-hydroxylation sites is 1. The van der Waals surface area contributed by atoms with Crippen LogP contribution in [0.15, 0.2) is 18.2 Å². The molecule has 0 radical (unpaired) electrons. The van der Waals surface area contributed by atoms with Gasteiger partial charge in [-0.25, -0.2) is 0 Å². The van der Waals surface area contributed by atoms with Crippen LogP contribution < -0.4 is 15.2 Å². The summed E-state index contributed by atoms with van der Waals surface area (Å²) in [7, 11) is 5.42. The van der Waals surface area contributed by atoms with Crippen molar-refractivity contribution in [2.75, 3.05) is 34.4 Å². The zero-order valence-corrected chi connectivity index (χ0v) is 12.5. The van der Waals surface area contributed by atoms with Gasteiger partial charge in [0.1, 0.15) is 0 Å². The van der Waals surface area contributed by atoms with Crippen LogP contribution in [-0.4, -0.2) is 39.3 Å². The molecule has 0 bridgehead atoms. The van der Waals surface area contributed by atoms with Crippen LogP contribution in [0.5, 0.6) is 11.5 Å². The Balaban J connectivity index is 3.03. The van der Waals surface area contributed by atoms with Crippen molar-refractivity contribution >= 4 is 0 Å². The fourth-order valence-electron chi connectivity index (χ4n) is 2.28. The standard InChI is InChI=1S/C15H26N2O2/c1-5-6-10-17(2)13(11-16)12-8-7-9-14(18-3)15(12)19-4/h7-9,13H,5-6,10-11,16H2,1-4H3. The molecule has 0 amide bonds. The van der Waals surface area contributed by atoms with E-state index in [0.29, 0.717) is 6.54 Å². The number of hydrogen-bond acceptors (Lipinski definition) is 4. The van der Waals surface area contributed by atoms with Crippen molar-refractivity contribution in [2.24, 2.45) is 5.73 Å². The molecule has 0 aliphatic rings. The third kappa shape index (κ3) is 3.85. The van der Waals surface area contributed by atoms with E-state index in [2.05, 4.69) is 24.9 Å². The van der Waals surface area contributed by atoms with Crippen LogP contribution in [0, 0.1) is 0 Å². The van der Waals surface area contributed by atoms with Gasteiger partial charge in [-0.05, 0) is 26.1 Å². The van der Waals surface area contributed by atoms with Crippen molar-refractivity contribution in [1.82, 2.24) is 4.90 Å². The number of nitrogens with two attached hydrogens (primary N) is 1. The summed E-state index contributed by atoms with van der Waals surface area (Å²) in [5.41, 5.74) is 7.04. The first kappa shape index (κ1) is 15.8. The lowest BCUT2D eigenvalue weighted by Gasteiger charge is -2.28. The maximum absolute atomic E-state index is 5.95. The van der Waals surface area contributed by atoms with Crippen LogP contribution in [0.2, 0.25) is 0 Å². The molecule has 19 heavy (non-hydrogen) atoms. The summed E-state index contributed by atoms with van der Waals surface area (Å²) in [6, 6.07) is 6.09. The van der Waals surface area contributed by atoms with Gasteiger partial charge >= 0.3 is 0 Å². The number of rotatable bonds is 8. The molecule has 0 saturated carbocycles. The zero-order valence-electron chi connectivity index (χ0n) is 12.5. The molecule has 2 N–H and O–H groups in total. The van der Waals surface area contributed by atoms with E-state index < -0.39 is 0 Å². The Morgan fingerprint density at radius 2 is 2.00 bits per heavy atom. The van der Waals surface area contributed by atoms with Crippen LogP contribution in [0.4, 0.5) is 0 Å². The predicted octanol–water partition coefficient (Wildman–Crippen LogP) is 2.44. The van der Waals surface area contributed by atoms with E-state index in [4.69, 9.17) is 15.2 Å². The van der Waals surface area contributed by atoms with Crippen molar-refractivity contribution in [3.05, 3.63) is 23.8 Å². The topological polar surface area (TPSA) is 47.7 Å². The van der Waals surface area contributed by atoms with E-state index in [0.717, 1.165) is 23.6 Å². The van der Waals surface area contributed by atoms with Crippen LogP contribution in [0.3, 0.4) is 0 Å². The highest BCUT2D eigenvalue weighted by Gasteiger charge is 2.21. The molecule has 108 valence electrons. The molecule has 4 heteroatoms. The van der Waals surface area contributed by atoms with Gasteiger partial charge in [0.05, 0.1) is 20.3 Å². The average molecular weight is 266 g/mol. The molecule has 0 fully saturated rings. The van der Waals surface area contributed by atoms with E-state index in [-0.39, 0.29) is 6.04 Å². The van der Waals surface area contributed by atoms with Crippen molar-refractivity contribution < 1.29 is 9.47 Å². The number of benzene rings is 1. The van der Waals surface area contributed by atoms with Gasteiger partial charge in [0.15, 0.2) is 11.5 Å². The normalized spacial score (nSPS) is 12.5. The maximum atomic E-state index is 5.95. The quantitative estimate of drug-likeness (QED) is 0.785. The second-order valence-corrected chi connectivity index (χ2v) is 4.67. The third-order valence-electron chi connectivity index (χ3n) is 3.41. The first-order valence-corrected chi connectivity index (χ1v) is 6.80. The molecular formula is C15H26N2O2. The minimum Gasteiger partial charge on any atom is -0.493 e. The number of hydrogen-bond donors (Lipinski definition) is 1. The highest BCUT2D eigenvalue weighted by Crippen LogP contribution is 2.36. The molecule has 0 aliphatic heterocycles. The van der Waals surface area contributed by atoms with Crippen LogP contribution in [0.25, 0.3) is 0 Å². The van der Waals surface area contributed by atoms with Crippen molar-refractivity contribution in [3.63, 3.8) is 0 Å². The summed E-state index contributed by atoms with van der Waals surface area (Å²) in [5.74, 6) is 1.53. The number of ether oxygens (including phenoxy) is 2. The van der Waals surface area contributed by atoms with Gasteiger partial charge in [0, 0.05) is 12.1 Å². The molecule has 1 unspecified atom stereocenters. The van der Waals surface area contributed by atoms with Gasteiger partial charge in [0.25, 0.3) is 0 Å². The van der Waals surface area contributed by atoms with E-state index >= 15 is 0 Å². The molecule has 0 aromatic heterocycles. The zero-order chi connectivity index (χ0) is 14.3. The smallest absolute Gasteiger partial charge is 0.165 e. The Labute approximate surface area is 116 Å². The van der Waals surface area contributed by atoms with Gasteiger partial charge in [-0.15, -0.1) is 0 Å². The molecule has 1 rings (SSSR count). The van der Waals surface area contributed by atoms with Gasteiger partial charge in [-0.3, -0.25) is 4.90 Å². The molecule has 1 atom stereocenters. The first-order chi connectivity index (χ1) is 9.19. The molecule has 0 spiro atoms. The van der Waals surface area contributed by atoms with Crippen LogP contribution >= 0.6 is 0 Å². The van der Waals surface area contributed by atoms with Gasteiger partial charge in [0.2, 0.25) is 0 Å². The second kappa shape index (κ2) is 8.02. The van der Waals surface area contributed by atoms with Gasteiger partial charge in [-0.1, -0.05) is 25.5 Å². The first-order valence-electron chi connectivity index (χ1n) is 6.80. The van der Waals surface area contributed by atoms with Crippen LogP contribution in [0.1, 0.15) is 31.4 Å². The largest absolute Gasteiger partial charge is 0.493 e. The SMILES string of the molecule is CCCCN(C)C(CN)c1cccc(OC)c1OC. The Morgan fingerprint density at radius 3 is 2.53 bits per heavy atom. The lowest BCUT2D eigenvalue weighted by Crippen LogP contribution is -2.31. The summed E-state index contributed by atoms with van der Waals surface area (Å²) in [4.78, 5) is 2.28. The lowest BCUT2D eigenvalue weighted by atomic mass is 10.0. The molecule has 0 heterocycles. The predicted molar refractivity (Wildman–Crippen MR) is 78.9 cm³/mol. The van der Waals surface area contributed by atoms with E-state index in [1.54, 1.807) is 14.2 Å². The molecule has 0 aliphatic carbocycles. The fourth-order valence-corrected chi connectivity index (χ4v) is 2.28. The summed E-state index contributed by atoms with van der Waals surface area (Å²) < 4.78 is 10.8. The Kier molecular flexibility index (Phi) is 6.67. The van der Waals surface area contributed by atoms with E-state index in [1.165, 1.54) is 12.8 Å². The van der Waals surface area contributed by atoms with E-state index in [9.17, 15) is 0 Å². The van der Waals surface area contributed by atoms with Gasteiger partial charge in [-0.2, -0.15) is 0 Å². The molecule has 0 saturated heterocycles. The number of likely N-dealkylation sites (N-methyl/N-ethyl adjacent to an activating group) is 1. The molecule has 1 aromatic carbocycles. The minimum absolute atomic E-state index is 0.150. The van der Waals surface area contributed by atoms with Crippen LogP contribution in [-0.2, 0) is 0 Å². The Bertz CT molecular complexity index is 382. The molecule has 1 aromatic rings. The molecular weight excluding hydrogens is 240 g/mol. The second-order valence-electron chi connectivity index (χ2n) is 4.67. The highest BCUT2D eigenvalue weighted by molar-refractivity contribution is 5.48. The highest BCUT2D eigenvalue weighted by atomic mass is 16.5. The van der Waals surface area contributed by atoms with Crippen molar-refractivity contribution in [1.29, 1.82) is 0 Å². The maximum Gasteiger partial charge on any atom is 0.165 e. The number of nitrogens with zero attached hydrogens (tertiary/aromatic N) is 1. The summed E-state index contributed by atoms with van der Waals surface area (Å²) in [5, 5.41) is 0. The number of unbranched alkanes of at least 4 members (excludes halogenated alkanes) is 1. The summed E-state index contributed by atoms with van der Waals surface area (Å²) >= 11 is 0. The molecule has 4 nitrogen and oxygen atoms in total. The minimum atomic E-state index is 0.150. The monoisotopic (exact) mass is 266 g/mol. The van der Waals surface area contributed by atoms with Crippen molar-refractivity contribution in [3.8, 4) is 11.5 Å². The average Bonchev–Trinajstić information content (AvgIpc) is 2.45. The Hall–Kier alpha value is -1.26. The van der Waals surface area contributed by atoms with Gasteiger partial charge < -0.3 is 15.2 Å². The Morgan fingerprint density at radius 1 is 1.26 bits per heavy atom. The fraction of sp³-hybridized carbons (Fsp3) is 0.600. The summed E-state index contributed by atoms with van der Waals surface area (Å²) in [6.45, 7) is 3.78. The third-order valence-corrected chi connectivity index (χ3v) is 3.41. The lowest BCUT2D eigenvalue weighted by molar-refractivity contribution is 0.238. The van der Waals surface area contributed by atoms with E-state index in [1.807, 2.05) is 12.1 Å². The summed E-state index contributed by atoms with van der Waals surface area (Å²) in [6.07, 6.45) is 2.34. The van der Waals surface area contributed by atoms with Crippen molar-refractivity contribution in [2.45, 2.75) is 25.8 Å².